The smallest absolute Gasteiger partial charge is 0.289 e. The molecular formula is C20H23N5O4. The highest BCUT2D eigenvalue weighted by Gasteiger charge is 2.30. The molecule has 4 rings (SSSR count). The molecule has 2 N–H and O–H groups in total. The van der Waals surface area contributed by atoms with Gasteiger partial charge in [-0.15, -0.1) is 0 Å². The Bertz CT molecular complexity index is 881. The average molecular weight is 397 g/mol. The topological polar surface area (TPSA) is 108 Å². The quantitative estimate of drug-likeness (QED) is 0.800. The van der Waals surface area contributed by atoms with Crippen molar-refractivity contribution in [2.75, 3.05) is 42.9 Å². The molecule has 4 heterocycles. The highest BCUT2D eigenvalue weighted by atomic mass is 16.3. The van der Waals surface area contributed by atoms with Gasteiger partial charge >= 0.3 is 0 Å². The predicted octanol–water partition coefficient (Wildman–Crippen LogP) is 1.10. The summed E-state index contributed by atoms with van der Waals surface area (Å²) in [5.41, 5.74) is 0.592. The Balaban J connectivity index is 1.35. The number of piperidine rings is 1. The van der Waals surface area contributed by atoms with Gasteiger partial charge in [0.2, 0.25) is 11.8 Å². The number of carbonyl (C=O) groups excluding carboxylic acids is 3. The zero-order valence-electron chi connectivity index (χ0n) is 16.0. The van der Waals surface area contributed by atoms with Gasteiger partial charge in [0.05, 0.1) is 30.6 Å². The number of nitrogens with zero attached hydrogens (tertiary/aromatic N) is 3. The van der Waals surface area contributed by atoms with Crippen molar-refractivity contribution in [1.82, 2.24) is 15.2 Å². The lowest BCUT2D eigenvalue weighted by molar-refractivity contribution is -0.121. The number of carbonyl (C=O) groups is 3. The van der Waals surface area contributed by atoms with Crippen molar-refractivity contribution in [3.05, 3.63) is 42.5 Å². The van der Waals surface area contributed by atoms with Crippen LogP contribution in [0.15, 0.2) is 41.1 Å². The van der Waals surface area contributed by atoms with Gasteiger partial charge in [0.15, 0.2) is 5.76 Å². The van der Waals surface area contributed by atoms with Crippen molar-refractivity contribution < 1.29 is 18.8 Å². The van der Waals surface area contributed by atoms with E-state index >= 15 is 0 Å². The first-order valence-electron chi connectivity index (χ1n) is 9.71. The van der Waals surface area contributed by atoms with Gasteiger partial charge in [-0.3, -0.25) is 14.4 Å². The molecule has 0 spiro atoms. The van der Waals surface area contributed by atoms with E-state index in [2.05, 4.69) is 15.6 Å². The summed E-state index contributed by atoms with van der Waals surface area (Å²) in [6.45, 7) is 2.54. The maximum Gasteiger partial charge on any atom is 0.289 e. The fourth-order valence-corrected chi connectivity index (χ4v) is 3.66. The van der Waals surface area contributed by atoms with Crippen molar-refractivity contribution in [2.45, 2.75) is 12.8 Å². The van der Waals surface area contributed by atoms with Gasteiger partial charge in [0, 0.05) is 26.2 Å². The molecule has 0 radical (unpaired) electrons. The summed E-state index contributed by atoms with van der Waals surface area (Å²) in [7, 11) is 0. The van der Waals surface area contributed by atoms with Crippen LogP contribution in [-0.2, 0) is 9.59 Å². The molecule has 3 amide bonds. The lowest BCUT2D eigenvalue weighted by Gasteiger charge is -2.31. The fraction of sp³-hybridized carbons (Fsp3) is 0.400. The van der Waals surface area contributed by atoms with Crippen LogP contribution in [0.1, 0.15) is 23.4 Å². The van der Waals surface area contributed by atoms with Gasteiger partial charge in [-0.2, -0.15) is 0 Å². The first-order chi connectivity index (χ1) is 14.1. The maximum atomic E-state index is 12.7. The summed E-state index contributed by atoms with van der Waals surface area (Å²) in [5, 5.41) is 5.66. The van der Waals surface area contributed by atoms with Crippen LogP contribution in [0.25, 0.3) is 0 Å². The summed E-state index contributed by atoms with van der Waals surface area (Å²) in [6.07, 6.45) is 4.55. The molecule has 9 heteroatoms. The zero-order chi connectivity index (χ0) is 20.2. The summed E-state index contributed by atoms with van der Waals surface area (Å²) in [6, 6.07) is 6.88. The van der Waals surface area contributed by atoms with Crippen LogP contribution in [0.4, 0.5) is 11.5 Å². The van der Waals surface area contributed by atoms with E-state index in [1.165, 1.54) is 6.26 Å². The molecule has 2 aromatic heterocycles. The van der Waals surface area contributed by atoms with Crippen molar-refractivity contribution in [3.8, 4) is 0 Å². The van der Waals surface area contributed by atoms with E-state index in [1.807, 2.05) is 4.90 Å². The first-order valence-corrected chi connectivity index (χ1v) is 9.71. The number of piperazine rings is 1. The van der Waals surface area contributed by atoms with Crippen molar-refractivity contribution in [1.29, 1.82) is 0 Å². The summed E-state index contributed by atoms with van der Waals surface area (Å²) in [5.74, 6) is 0.357. The molecular weight excluding hydrogens is 374 g/mol. The Morgan fingerprint density at radius 2 is 2.14 bits per heavy atom. The molecule has 2 saturated heterocycles. The number of rotatable bonds is 4. The second-order valence-corrected chi connectivity index (χ2v) is 7.23. The standard InChI is InChI=1S/C20H23N5O4/c26-18-13-24(9-7-21-18)17-6-5-15(11-22-17)23-19(27)14-3-1-8-25(12-14)20(28)16-4-2-10-29-16/h2,4-6,10-11,14H,1,3,7-9,12-13H2,(H,21,26)(H,23,27)/t14-/m0/s1. The second kappa shape index (κ2) is 8.34. The number of amides is 3. The van der Waals surface area contributed by atoms with Crippen LogP contribution in [0.2, 0.25) is 0 Å². The number of nitrogens with one attached hydrogen (secondary N) is 2. The first kappa shape index (κ1) is 19.0. The van der Waals surface area contributed by atoms with Crippen LogP contribution in [0, 0.1) is 5.92 Å². The average Bonchev–Trinajstić information content (AvgIpc) is 3.29. The Hall–Kier alpha value is -3.36. The second-order valence-electron chi connectivity index (χ2n) is 7.23. The minimum atomic E-state index is -0.284. The molecule has 0 saturated carbocycles. The molecule has 2 aromatic rings. The zero-order valence-corrected chi connectivity index (χ0v) is 16.0. The van der Waals surface area contributed by atoms with E-state index in [1.54, 1.807) is 35.4 Å². The van der Waals surface area contributed by atoms with E-state index in [9.17, 15) is 14.4 Å². The summed E-state index contributed by atoms with van der Waals surface area (Å²) in [4.78, 5) is 44.6. The Morgan fingerprint density at radius 3 is 2.86 bits per heavy atom. The molecule has 2 fully saturated rings. The normalized spacial score (nSPS) is 19.6. The number of hydrogen-bond acceptors (Lipinski definition) is 6. The molecule has 2 aliphatic rings. The van der Waals surface area contributed by atoms with Crippen LogP contribution >= 0.6 is 0 Å². The van der Waals surface area contributed by atoms with Gasteiger partial charge in [0.25, 0.3) is 5.91 Å². The van der Waals surface area contributed by atoms with Gasteiger partial charge < -0.3 is 24.9 Å². The fourth-order valence-electron chi connectivity index (χ4n) is 3.66. The molecule has 1 atom stereocenters. The van der Waals surface area contributed by atoms with E-state index in [4.69, 9.17) is 4.42 Å². The van der Waals surface area contributed by atoms with Crippen LogP contribution < -0.4 is 15.5 Å². The SMILES string of the molecule is O=C1CN(c2ccc(NC(=O)[C@H]3CCCN(C(=O)c4ccco4)C3)cn2)CCN1. The monoisotopic (exact) mass is 397 g/mol. The largest absolute Gasteiger partial charge is 0.459 e. The van der Waals surface area contributed by atoms with Crippen LogP contribution in [-0.4, -0.2) is 60.3 Å². The van der Waals surface area contributed by atoms with E-state index in [-0.39, 0.29) is 35.9 Å². The van der Waals surface area contributed by atoms with E-state index in [0.717, 1.165) is 12.8 Å². The number of hydrogen-bond donors (Lipinski definition) is 2. The Morgan fingerprint density at radius 1 is 1.24 bits per heavy atom. The van der Waals surface area contributed by atoms with Gasteiger partial charge in [-0.25, -0.2) is 4.98 Å². The number of furan rings is 1. The molecule has 0 aromatic carbocycles. The number of anilines is 2. The molecule has 152 valence electrons. The molecule has 0 aliphatic carbocycles. The number of likely N-dealkylation sites (tertiary alicyclic amines) is 1. The Labute approximate surface area is 168 Å². The third-order valence-corrected chi connectivity index (χ3v) is 5.19. The van der Waals surface area contributed by atoms with Crippen molar-refractivity contribution >= 4 is 29.2 Å². The minimum absolute atomic E-state index is 0.0265. The van der Waals surface area contributed by atoms with Gasteiger partial charge in [-0.1, -0.05) is 0 Å². The third-order valence-electron chi connectivity index (χ3n) is 5.19. The molecule has 9 nitrogen and oxygen atoms in total. The molecule has 2 aliphatic heterocycles. The number of pyridine rings is 1. The van der Waals surface area contributed by atoms with Gasteiger partial charge in [-0.05, 0) is 37.1 Å². The van der Waals surface area contributed by atoms with Crippen molar-refractivity contribution in [2.24, 2.45) is 5.92 Å². The summed E-state index contributed by atoms with van der Waals surface area (Å²) >= 11 is 0. The van der Waals surface area contributed by atoms with Gasteiger partial charge in [0.1, 0.15) is 5.82 Å². The molecule has 0 unspecified atom stereocenters. The molecule has 29 heavy (non-hydrogen) atoms. The highest BCUT2D eigenvalue weighted by Crippen LogP contribution is 2.21. The number of aromatic nitrogens is 1. The summed E-state index contributed by atoms with van der Waals surface area (Å²) < 4.78 is 5.18. The predicted molar refractivity (Wildman–Crippen MR) is 105 cm³/mol. The lowest BCUT2D eigenvalue weighted by Crippen LogP contribution is -2.48. The molecule has 0 bridgehead atoms. The highest BCUT2D eigenvalue weighted by molar-refractivity contribution is 5.95. The van der Waals surface area contributed by atoms with Crippen LogP contribution in [0.3, 0.4) is 0 Å². The van der Waals surface area contributed by atoms with Crippen molar-refractivity contribution in [3.63, 3.8) is 0 Å². The minimum Gasteiger partial charge on any atom is -0.459 e. The van der Waals surface area contributed by atoms with E-state index in [0.29, 0.717) is 37.7 Å². The lowest BCUT2D eigenvalue weighted by atomic mass is 9.97. The Kier molecular flexibility index (Phi) is 5.46. The maximum absolute atomic E-state index is 12.7. The third kappa shape index (κ3) is 4.39. The van der Waals surface area contributed by atoms with E-state index < -0.39 is 0 Å². The van der Waals surface area contributed by atoms with Crippen LogP contribution in [0.5, 0.6) is 0 Å².